The lowest BCUT2D eigenvalue weighted by molar-refractivity contribution is 0.383. The van der Waals surface area contributed by atoms with Gasteiger partial charge in [-0.25, -0.2) is 18.1 Å². The van der Waals surface area contributed by atoms with E-state index in [2.05, 4.69) is 15.1 Å². The van der Waals surface area contributed by atoms with E-state index in [4.69, 9.17) is 0 Å². The fourth-order valence-electron chi connectivity index (χ4n) is 3.19. The third kappa shape index (κ3) is 3.50. The van der Waals surface area contributed by atoms with Crippen LogP contribution in [0.25, 0.3) is 5.82 Å². The molecule has 0 atom stereocenters. The summed E-state index contributed by atoms with van der Waals surface area (Å²) in [6.07, 6.45) is 6.84. The largest absolute Gasteiger partial charge is 0.353 e. The van der Waals surface area contributed by atoms with Crippen molar-refractivity contribution in [3.05, 3.63) is 60.2 Å². The van der Waals surface area contributed by atoms with E-state index in [1.807, 2.05) is 37.1 Å². The first kappa shape index (κ1) is 18.6. The van der Waals surface area contributed by atoms with Gasteiger partial charge in [-0.15, -0.1) is 0 Å². The average Bonchev–Trinajstić information content (AvgIpc) is 3.25. The van der Waals surface area contributed by atoms with E-state index in [1.165, 1.54) is 0 Å². The fourth-order valence-corrected chi connectivity index (χ4v) is 4.70. The Morgan fingerprint density at radius 3 is 2.39 bits per heavy atom. The Balaban J connectivity index is 1.49. The molecule has 2 aromatic heterocycles. The Hall–Kier alpha value is -2.78. The Kier molecular flexibility index (Phi) is 4.86. The average molecular weight is 398 g/mol. The first-order valence-electron chi connectivity index (χ1n) is 9.09. The smallest absolute Gasteiger partial charge is 0.243 e. The van der Waals surface area contributed by atoms with Crippen molar-refractivity contribution in [1.82, 2.24) is 24.1 Å². The number of benzene rings is 1. The summed E-state index contributed by atoms with van der Waals surface area (Å²) < 4.78 is 29.1. The van der Waals surface area contributed by atoms with Crippen molar-refractivity contribution < 1.29 is 8.42 Å². The van der Waals surface area contributed by atoms with Crippen molar-refractivity contribution in [2.75, 3.05) is 31.1 Å². The minimum Gasteiger partial charge on any atom is -0.353 e. The van der Waals surface area contributed by atoms with Gasteiger partial charge in [-0.1, -0.05) is 6.07 Å². The minimum absolute atomic E-state index is 0.351. The number of anilines is 1. The third-order valence-electron chi connectivity index (χ3n) is 5.03. The highest BCUT2D eigenvalue weighted by Crippen LogP contribution is 2.22. The summed E-state index contributed by atoms with van der Waals surface area (Å²) in [5.74, 6) is 1.35. The quantitative estimate of drug-likeness (QED) is 0.666. The molecule has 1 saturated heterocycles. The van der Waals surface area contributed by atoms with Crippen LogP contribution in [0.4, 0.5) is 5.82 Å². The van der Waals surface area contributed by atoms with Crippen molar-refractivity contribution in [2.45, 2.75) is 18.7 Å². The normalized spacial score (nSPS) is 15.7. The van der Waals surface area contributed by atoms with Crippen LogP contribution in [0.3, 0.4) is 0 Å². The van der Waals surface area contributed by atoms with Gasteiger partial charge in [0.05, 0.1) is 17.3 Å². The van der Waals surface area contributed by atoms with Gasteiger partial charge in [-0.05, 0) is 43.2 Å². The van der Waals surface area contributed by atoms with Gasteiger partial charge in [-0.3, -0.25) is 4.98 Å². The summed E-state index contributed by atoms with van der Waals surface area (Å²) >= 11 is 0. The molecule has 0 unspecified atom stereocenters. The summed E-state index contributed by atoms with van der Waals surface area (Å²) in [6, 6.07) is 7.11. The van der Waals surface area contributed by atoms with Crippen LogP contribution in [0.1, 0.15) is 11.1 Å². The molecule has 4 rings (SSSR count). The summed E-state index contributed by atoms with van der Waals surface area (Å²) in [7, 11) is -3.49. The highest BCUT2D eigenvalue weighted by Gasteiger charge is 2.29. The molecule has 1 aromatic carbocycles. The van der Waals surface area contributed by atoms with E-state index in [9.17, 15) is 8.42 Å². The number of hydrogen-bond acceptors (Lipinski definition) is 6. The van der Waals surface area contributed by atoms with Gasteiger partial charge in [0.15, 0.2) is 5.82 Å². The van der Waals surface area contributed by atoms with E-state index < -0.39 is 10.0 Å². The molecular weight excluding hydrogens is 376 g/mol. The SMILES string of the molecule is Cc1ccc(S(=O)(=O)N2CCN(c3cncc(-n4cccn4)n3)CC2)cc1C. The van der Waals surface area contributed by atoms with Gasteiger partial charge in [0.2, 0.25) is 10.0 Å². The van der Waals surface area contributed by atoms with Crippen LogP contribution in [0.2, 0.25) is 0 Å². The zero-order chi connectivity index (χ0) is 19.7. The highest BCUT2D eigenvalue weighted by atomic mass is 32.2. The second kappa shape index (κ2) is 7.33. The number of rotatable bonds is 4. The Bertz CT molecular complexity index is 1070. The summed E-state index contributed by atoms with van der Waals surface area (Å²) in [6.45, 7) is 5.83. The number of aromatic nitrogens is 4. The molecule has 0 radical (unpaired) electrons. The van der Waals surface area contributed by atoms with Gasteiger partial charge >= 0.3 is 0 Å². The molecule has 0 amide bonds. The van der Waals surface area contributed by atoms with Crippen molar-refractivity contribution in [2.24, 2.45) is 0 Å². The number of piperazine rings is 1. The van der Waals surface area contributed by atoms with Crippen LogP contribution in [0.15, 0.2) is 53.9 Å². The van der Waals surface area contributed by atoms with Crippen LogP contribution >= 0.6 is 0 Å². The third-order valence-corrected chi connectivity index (χ3v) is 6.92. The predicted molar refractivity (Wildman–Crippen MR) is 106 cm³/mol. The topological polar surface area (TPSA) is 84.2 Å². The lowest BCUT2D eigenvalue weighted by atomic mass is 10.1. The molecule has 3 heterocycles. The maximum absolute atomic E-state index is 13.0. The molecule has 146 valence electrons. The fraction of sp³-hybridized carbons (Fsp3) is 0.316. The standard InChI is InChI=1S/C19H22N6O2S/c1-15-4-5-17(12-16(15)2)28(26,27)24-10-8-23(9-11-24)18-13-20-14-19(22-18)25-7-3-6-21-25/h3-7,12-14H,8-11H2,1-2H3. The van der Waals surface area contributed by atoms with E-state index in [0.29, 0.717) is 36.9 Å². The number of nitrogens with zero attached hydrogens (tertiary/aromatic N) is 6. The minimum atomic E-state index is -3.49. The molecule has 3 aromatic rings. The molecule has 9 heteroatoms. The van der Waals surface area contributed by atoms with Gasteiger partial charge < -0.3 is 4.90 Å². The van der Waals surface area contributed by atoms with Gasteiger partial charge in [0.25, 0.3) is 0 Å². The predicted octanol–water partition coefficient (Wildman–Crippen LogP) is 1.79. The van der Waals surface area contributed by atoms with Crippen molar-refractivity contribution in [3.63, 3.8) is 0 Å². The Labute approximate surface area is 164 Å². The Morgan fingerprint density at radius 2 is 1.71 bits per heavy atom. The van der Waals surface area contributed by atoms with Gasteiger partial charge in [-0.2, -0.15) is 9.40 Å². The first-order valence-corrected chi connectivity index (χ1v) is 10.5. The van der Waals surface area contributed by atoms with Gasteiger partial charge in [0.1, 0.15) is 5.82 Å². The lowest BCUT2D eigenvalue weighted by Crippen LogP contribution is -2.49. The van der Waals surface area contributed by atoms with Crippen LogP contribution in [-0.4, -0.2) is 58.7 Å². The molecule has 0 spiro atoms. The van der Waals surface area contributed by atoms with E-state index in [-0.39, 0.29) is 0 Å². The molecule has 1 fully saturated rings. The second-order valence-corrected chi connectivity index (χ2v) is 8.76. The number of aryl methyl sites for hydroxylation is 2. The van der Waals surface area contributed by atoms with Crippen LogP contribution < -0.4 is 4.90 Å². The number of hydrogen-bond donors (Lipinski definition) is 0. The van der Waals surface area contributed by atoms with Crippen molar-refractivity contribution in [3.8, 4) is 5.82 Å². The molecule has 0 N–H and O–H groups in total. The van der Waals surface area contributed by atoms with E-state index in [0.717, 1.165) is 16.9 Å². The van der Waals surface area contributed by atoms with E-state index >= 15 is 0 Å². The van der Waals surface area contributed by atoms with E-state index in [1.54, 1.807) is 39.7 Å². The Morgan fingerprint density at radius 1 is 0.964 bits per heavy atom. The maximum Gasteiger partial charge on any atom is 0.243 e. The molecule has 8 nitrogen and oxygen atoms in total. The molecule has 1 aliphatic heterocycles. The molecule has 0 bridgehead atoms. The summed E-state index contributed by atoms with van der Waals surface area (Å²) in [5.41, 5.74) is 2.06. The molecule has 1 aliphatic rings. The van der Waals surface area contributed by atoms with Crippen LogP contribution in [0, 0.1) is 13.8 Å². The lowest BCUT2D eigenvalue weighted by Gasteiger charge is -2.34. The van der Waals surface area contributed by atoms with Gasteiger partial charge in [0, 0.05) is 38.6 Å². The summed E-state index contributed by atoms with van der Waals surface area (Å²) in [4.78, 5) is 11.3. The zero-order valence-corrected chi connectivity index (χ0v) is 16.7. The maximum atomic E-state index is 13.0. The summed E-state index contributed by atoms with van der Waals surface area (Å²) in [5, 5.41) is 4.17. The monoisotopic (exact) mass is 398 g/mol. The van der Waals surface area contributed by atoms with Crippen LogP contribution in [0.5, 0.6) is 0 Å². The molecular formula is C19H22N6O2S. The zero-order valence-electron chi connectivity index (χ0n) is 15.9. The van der Waals surface area contributed by atoms with Crippen molar-refractivity contribution >= 4 is 15.8 Å². The second-order valence-electron chi connectivity index (χ2n) is 6.82. The van der Waals surface area contributed by atoms with Crippen LogP contribution in [-0.2, 0) is 10.0 Å². The molecule has 0 saturated carbocycles. The molecule has 0 aliphatic carbocycles. The highest BCUT2D eigenvalue weighted by molar-refractivity contribution is 7.89. The first-order chi connectivity index (χ1) is 13.4. The molecule has 28 heavy (non-hydrogen) atoms. The van der Waals surface area contributed by atoms with Crippen molar-refractivity contribution in [1.29, 1.82) is 0 Å². The number of sulfonamides is 1.